The number of allylic oxidation sites excluding steroid dienone is 1. The predicted molar refractivity (Wildman–Crippen MR) is 140 cm³/mol. The Labute approximate surface area is 220 Å². The van der Waals surface area contributed by atoms with Gasteiger partial charge in [0, 0.05) is 11.3 Å². The number of halogens is 1. The highest BCUT2D eigenvalue weighted by Crippen LogP contribution is 2.40. The number of rotatable bonds is 10. The van der Waals surface area contributed by atoms with Crippen molar-refractivity contribution in [1.82, 2.24) is 14.8 Å². The third-order valence-corrected chi connectivity index (χ3v) is 6.31. The van der Waals surface area contributed by atoms with E-state index in [-0.39, 0.29) is 18.5 Å². The minimum absolute atomic E-state index is 0.0508. The van der Waals surface area contributed by atoms with E-state index in [2.05, 4.69) is 15.4 Å². The number of anilines is 1. The summed E-state index contributed by atoms with van der Waals surface area (Å²) < 4.78 is 33.2. The van der Waals surface area contributed by atoms with Crippen molar-refractivity contribution < 1.29 is 23.4 Å². The average molecular weight is 527 g/mol. The summed E-state index contributed by atoms with van der Waals surface area (Å²) in [7, 11) is 0. The zero-order valence-electron chi connectivity index (χ0n) is 21.6. The van der Waals surface area contributed by atoms with Crippen LogP contribution in [0.5, 0.6) is 11.5 Å². The van der Waals surface area contributed by atoms with Gasteiger partial charge < -0.3 is 19.5 Å². The Bertz CT molecular complexity index is 1310. The normalized spacial score (nSPS) is 14.8. The molecule has 1 atom stereocenters. The van der Waals surface area contributed by atoms with Crippen LogP contribution in [-0.2, 0) is 16.1 Å². The van der Waals surface area contributed by atoms with E-state index in [9.17, 15) is 9.18 Å². The van der Waals surface area contributed by atoms with Crippen molar-refractivity contribution in [2.24, 2.45) is 0 Å². The molecule has 37 heavy (non-hydrogen) atoms. The number of fused-ring (bicyclic) bond motifs is 1. The van der Waals surface area contributed by atoms with Gasteiger partial charge in [-0.05, 0) is 57.2 Å². The van der Waals surface area contributed by atoms with Crippen LogP contribution in [0.4, 0.5) is 10.3 Å². The summed E-state index contributed by atoms with van der Waals surface area (Å²) >= 11 is 1.51. The predicted octanol–water partition coefficient (Wildman–Crippen LogP) is 5.75. The molecule has 10 heteroatoms. The molecule has 1 aliphatic heterocycles. The molecule has 0 fully saturated rings. The standard InChI is InChI=1S/C27H31FN4O4S/c1-6-34-22-14-18(12-13-21(22)35-15-19-10-8-9-11-20(19)28)24-23(25(33)36-16(3)4)17(5)29-26-30-27(37-7-2)31-32(24)26/h8-14,16,24H,6-7,15H2,1-5H3,(H,29,30,31). The van der Waals surface area contributed by atoms with Crippen LogP contribution >= 0.6 is 11.8 Å². The summed E-state index contributed by atoms with van der Waals surface area (Å²) in [4.78, 5) is 17.8. The molecule has 1 unspecified atom stereocenters. The van der Waals surface area contributed by atoms with E-state index in [1.807, 2.05) is 46.8 Å². The third-order valence-electron chi connectivity index (χ3n) is 5.59. The molecule has 8 nitrogen and oxygen atoms in total. The van der Waals surface area contributed by atoms with Crippen molar-refractivity contribution in [3.63, 3.8) is 0 Å². The second-order valence-electron chi connectivity index (χ2n) is 8.64. The van der Waals surface area contributed by atoms with Crippen LogP contribution in [0.25, 0.3) is 0 Å². The molecule has 1 N–H and O–H groups in total. The summed E-state index contributed by atoms with van der Waals surface area (Å²) in [6.07, 6.45) is -0.287. The molecule has 2 aromatic carbocycles. The van der Waals surface area contributed by atoms with Gasteiger partial charge in [-0.25, -0.2) is 13.9 Å². The average Bonchev–Trinajstić information content (AvgIpc) is 3.25. The number of carbonyl (C=O) groups is 1. The molecule has 4 rings (SSSR count). The number of hydrogen-bond acceptors (Lipinski definition) is 8. The lowest BCUT2D eigenvalue weighted by molar-refractivity contribution is -0.143. The Morgan fingerprint density at radius 3 is 2.65 bits per heavy atom. The number of nitrogens with one attached hydrogen (secondary N) is 1. The van der Waals surface area contributed by atoms with E-state index >= 15 is 0 Å². The Kier molecular flexibility index (Phi) is 8.38. The van der Waals surface area contributed by atoms with Crippen molar-refractivity contribution in [2.75, 3.05) is 17.7 Å². The van der Waals surface area contributed by atoms with Gasteiger partial charge in [0.25, 0.3) is 0 Å². The van der Waals surface area contributed by atoms with Crippen LogP contribution in [0.3, 0.4) is 0 Å². The Morgan fingerprint density at radius 2 is 1.95 bits per heavy atom. The summed E-state index contributed by atoms with van der Waals surface area (Å²) in [5.74, 6) is 1.53. The lowest BCUT2D eigenvalue weighted by Crippen LogP contribution is -2.30. The molecule has 1 aromatic heterocycles. The molecule has 0 saturated heterocycles. The fraction of sp³-hybridized carbons (Fsp3) is 0.370. The number of thioether (sulfide) groups is 1. The van der Waals surface area contributed by atoms with Crippen LogP contribution in [0.15, 0.2) is 58.9 Å². The van der Waals surface area contributed by atoms with Crippen LogP contribution < -0.4 is 14.8 Å². The number of carbonyl (C=O) groups excluding carboxylic acids is 1. The number of benzene rings is 2. The maximum Gasteiger partial charge on any atom is 0.338 e. The Morgan fingerprint density at radius 1 is 1.16 bits per heavy atom. The van der Waals surface area contributed by atoms with E-state index in [4.69, 9.17) is 14.2 Å². The molecule has 196 valence electrons. The number of hydrogen-bond donors (Lipinski definition) is 1. The molecular weight excluding hydrogens is 495 g/mol. The number of nitrogens with zero attached hydrogens (tertiary/aromatic N) is 3. The van der Waals surface area contributed by atoms with Crippen molar-refractivity contribution in [1.29, 1.82) is 0 Å². The number of esters is 1. The highest BCUT2D eigenvalue weighted by Gasteiger charge is 2.36. The highest BCUT2D eigenvalue weighted by molar-refractivity contribution is 7.99. The van der Waals surface area contributed by atoms with Gasteiger partial charge in [0.15, 0.2) is 11.5 Å². The molecule has 3 aromatic rings. The SMILES string of the molecule is CCOc1cc(C2C(C(=O)OC(C)C)=C(C)Nc3nc(SCC)nn32)ccc1OCc1ccccc1F. The van der Waals surface area contributed by atoms with Crippen molar-refractivity contribution >= 4 is 23.7 Å². The zero-order chi connectivity index (χ0) is 26.5. The quantitative estimate of drug-likeness (QED) is 0.264. The van der Waals surface area contributed by atoms with Crippen LogP contribution in [0.1, 0.15) is 51.8 Å². The lowest BCUT2D eigenvalue weighted by Gasteiger charge is -2.29. The second-order valence-corrected chi connectivity index (χ2v) is 9.87. The Balaban J connectivity index is 1.75. The topological polar surface area (TPSA) is 87.5 Å². The van der Waals surface area contributed by atoms with Crippen molar-refractivity contribution in [3.05, 3.63) is 70.7 Å². The van der Waals surface area contributed by atoms with E-state index in [0.29, 0.717) is 46.0 Å². The van der Waals surface area contributed by atoms with Gasteiger partial charge in [-0.15, -0.1) is 5.10 Å². The number of aromatic nitrogens is 3. The lowest BCUT2D eigenvalue weighted by atomic mass is 9.95. The Hall–Kier alpha value is -3.53. The maximum atomic E-state index is 14.1. The summed E-state index contributed by atoms with van der Waals surface area (Å²) in [6.45, 7) is 9.79. The first-order valence-electron chi connectivity index (χ1n) is 12.2. The van der Waals surface area contributed by atoms with Gasteiger partial charge in [0.1, 0.15) is 18.5 Å². The monoisotopic (exact) mass is 526 g/mol. The van der Waals surface area contributed by atoms with Crippen molar-refractivity contribution in [2.45, 2.75) is 58.5 Å². The second kappa shape index (κ2) is 11.7. The van der Waals surface area contributed by atoms with Crippen molar-refractivity contribution in [3.8, 4) is 11.5 Å². The minimum atomic E-state index is -0.596. The first kappa shape index (κ1) is 26.5. The molecule has 0 radical (unpaired) electrons. The number of ether oxygens (including phenoxy) is 3. The smallest absolute Gasteiger partial charge is 0.338 e. The molecule has 0 bridgehead atoms. The molecule has 0 aliphatic carbocycles. The first-order valence-corrected chi connectivity index (χ1v) is 13.2. The van der Waals surface area contributed by atoms with E-state index in [1.165, 1.54) is 17.8 Å². The van der Waals surface area contributed by atoms with E-state index in [0.717, 1.165) is 11.3 Å². The highest BCUT2D eigenvalue weighted by atomic mass is 32.2. The largest absolute Gasteiger partial charge is 0.490 e. The summed E-state index contributed by atoms with van der Waals surface area (Å²) in [5.41, 5.74) is 2.26. The summed E-state index contributed by atoms with van der Waals surface area (Å²) in [6, 6.07) is 11.3. The van der Waals surface area contributed by atoms with Crippen LogP contribution in [-0.4, -0.2) is 39.2 Å². The maximum absolute atomic E-state index is 14.1. The molecule has 1 aliphatic rings. The van der Waals surface area contributed by atoms with E-state index in [1.54, 1.807) is 28.9 Å². The van der Waals surface area contributed by atoms with E-state index < -0.39 is 12.0 Å². The van der Waals surface area contributed by atoms with Gasteiger partial charge in [0.2, 0.25) is 11.1 Å². The first-order chi connectivity index (χ1) is 17.8. The van der Waals surface area contributed by atoms with Crippen LogP contribution in [0.2, 0.25) is 0 Å². The van der Waals surface area contributed by atoms with Gasteiger partial charge in [0.05, 0.1) is 18.3 Å². The van der Waals surface area contributed by atoms with Crippen LogP contribution in [0, 0.1) is 5.82 Å². The van der Waals surface area contributed by atoms with Gasteiger partial charge >= 0.3 is 5.97 Å². The van der Waals surface area contributed by atoms with Gasteiger partial charge in [-0.1, -0.05) is 43.0 Å². The zero-order valence-corrected chi connectivity index (χ0v) is 22.4. The molecule has 0 saturated carbocycles. The fourth-order valence-electron chi connectivity index (χ4n) is 4.02. The minimum Gasteiger partial charge on any atom is -0.490 e. The molecular formula is C27H31FN4O4S. The van der Waals surface area contributed by atoms with Gasteiger partial charge in [-0.2, -0.15) is 4.98 Å². The molecule has 0 spiro atoms. The molecule has 0 amide bonds. The fourth-order valence-corrected chi connectivity index (χ4v) is 4.58. The van der Waals surface area contributed by atoms with Gasteiger partial charge in [-0.3, -0.25) is 0 Å². The summed E-state index contributed by atoms with van der Waals surface area (Å²) in [5, 5.41) is 8.49. The molecule has 2 heterocycles. The third kappa shape index (κ3) is 5.90.